The van der Waals surface area contributed by atoms with Gasteiger partial charge in [0.25, 0.3) is 0 Å². The zero-order valence-corrected chi connectivity index (χ0v) is 12.4. The summed E-state index contributed by atoms with van der Waals surface area (Å²) in [6.45, 7) is 2.36. The van der Waals surface area contributed by atoms with Gasteiger partial charge in [-0.3, -0.25) is 9.78 Å². The molecule has 7 heteroatoms. The van der Waals surface area contributed by atoms with Crippen molar-refractivity contribution in [3.8, 4) is 0 Å². The summed E-state index contributed by atoms with van der Waals surface area (Å²) in [4.78, 5) is 15.9. The smallest absolute Gasteiger partial charge is 0.244 e. The summed E-state index contributed by atoms with van der Waals surface area (Å²) in [5.74, 6) is -0.278. The first kappa shape index (κ1) is 14.0. The molecule has 0 unspecified atom stereocenters. The largest absolute Gasteiger partial charge is 0.354 e. The lowest BCUT2D eigenvalue weighted by atomic mass is 10.1. The van der Waals surface area contributed by atoms with E-state index in [1.807, 2.05) is 6.92 Å². The van der Waals surface area contributed by atoms with Gasteiger partial charge < -0.3 is 5.32 Å². The summed E-state index contributed by atoms with van der Waals surface area (Å²) < 4.78 is 26.8. The molecule has 3 rings (SSSR count). The highest BCUT2D eigenvalue weighted by Gasteiger charge is 2.30. The highest BCUT2D eigenvalue weighted by atomic mass is 32.2. The molecule has 1 aromatic carbocycles. The second-order valence-electron chi connectivity index (χ2n) is 4.97. The van der Waals surface area contributed by atoms with Crippen LogP contribution in [-0.2, 0) is 14.8 Å². The first-order chi connectivity index (χ1) is 10.00. The third kappa shape index (κ3) is 2.38. The third-order valence-electron chi connectivity index (χ3n) is 3.55. The van der Waals surface area contributed by atoms with Crippen molar-refractivity contribution in [2.24, 2.45) is 0 Å². The molecule has 1 aliphatic rings. The second kappa shape index (κ2) is 5.09. The number of hydrogen-bond acceptors (Lipinski definition) is 4. The minimum Gasteiger partial charge on any atom is -0.354 e. The van der Waals surface area contributed by atoms with Crippen LogP contribution < -0.4 is 5.32 Å². The fraction of sp³-hybridized carbons (Fsp3) is 0.286. The van der Waals surface area contributed by atoms with Crippen molar-refractivity contribution < 1.29 is 13.2 Å². The summed E-state index contributed by atoms with van der Waals surface area (Å²) in [6, 6.07) is 6.78. The van der Waals surface area contributed by atoms with Crippen LogP contribution in [-0.4, -0.2) is 43.2 Å². The predicted molar refractivity (Wildman–Crippen MR) is 78.2 cm³/mol. The Morgan fingerprint density at radius 1 is 1.29 bits per heavy atom. The monoisotopic (exact) mass is 305 g/mol. The Morgan fingerprint density at radius 3 is 2.86 bits per heavy atom. The third-order valence-corrected chi connectivity index (χ3v) is 5.46. The number of carbonyl (C=O) groups excluding carboxylic acids is 1. The van der Waals surface area contributed by atoms with E-state index in [1.54, 1.807) is 30.5 Å². The lowest BCUT2D eigenvalue weighted by Crippen LogP contribution is -2.49. The van der Waals surface area contributed by atoms with Crippen molar-refractivity contribution >= 4 is 26.8 Å². The number of nitrogens with one attached hydrogen (secondary N) is 1. The maximum atomic E-state index is 12.8. The van der Waals surface area contributed by atoms with Crippen molar-refractivity contribution in [1.29, 1.82) is 0 Å². The Bertz CT molecular complexity index is 817. The maximum absolute atomic E-state index is 12.8. The molecule has 6 nitrogen and oxygen atoms in total. The van der Waals surface area contributed by atoms with Gasteiger partial charge in [0.05, 0.1) is 17.0 Å². The van der Waals surface area contributed by atoms with Gasteiger partial charge >= 0.3 is 0 Å². The van der Waals surface area contributed by atoms with Crippen LogP contribution >= 0.6 is 0 Å². The van der Waals surface area contributed by atoms with Crippen LogP contribution in [0.25, 0.3) is 10.9 Å². The van der Waals surface area contributed by atoms with Gasteiger partial charge in [0.15, 0.2) is 0 Å². The molecular weight excluding hydrogens is 290 g/mol. The van der Waals surface area contributed by atoms with Gasteiger partial charge in [0, 0.05) is 24.7 Å². The van der Waals surface area contributed by atoms with Crippen LogP contribution in [0.1, 0.15) is 5.56 Å². The number of hydrogen-bond donors (Lipinski definition) is 1. The number of aromatic nitrogens is 1. The van der Waals surface area contributed by atoms with E-state index >= 15 is 0 Å². The number of piperazine rings is 1. The lowest BCUT2D eigenvalue weighted by Gasteiger charge is -2.26. The highest BCUT2D eigenvalue weighted by Crippen LogP contribution is 2.26. The molecule has 1 saturated heterocycles. The molecule has 0 aliphatic carbocycles. The molecule has 2 aromatic rings. The number of aryl methyl sites for hydroxylation is 1. The zero-order chi connectivity index (χ0) is 15.0. The Balaban J connectivity index is 2.15. The standard InChI is InChI=1S/C14H15N3O3S/c1-10-4-5-12(11-3-2-6-16-14(10)11)21(19,20)17-8-7-15-13(18)9-17/h2-6H,7-9H2,1H3,(H,15,18). The summed E-state index contributed by atoms with van der Waals surface area (Å²) >= 11 is 0. The number of pyridine rings is 1. The average molecular weight is 305 g/mol. The Hall–Kier alpha value is -1.99. The van der Waals surface area contributed by atoms with Crippen molar-refractivity contribution in [2.75, 3.05) is 19.6 Å². The zero-order valence-electron chi connectivity index (χ0n) is 11.5. The number of fused-ring (bicyclic) bond motifs is 1. The van der Waals surface area contributed by atoms with Gasteiger partial charge in [0.2, 0.25) is 15.9 Å². The average Bonchev–Trinajstić information content (AvgIpc) is 2.47. The van der Waals surface area contributed by atoms with Crippen molar-refractivity contribution in [2.45, 2.75) is 11.8 Å². The topological polar surface area (TPSA) is 79.4 Å². The van der Waals surface area contributed by atoms with Crippen LogP contribution in [0.15, 0.2) is 35.4 Å². The Morgan fingerprint density at radius 2 is 2.10 bits per heavy atom. The molecule has 0 radical (unpaired) electrons. The minimum absolute atomic E-state index is 0.141. The molecule has 1 N–H and O–H groups in total. The van der Waals surface area contributed by atoms with Gasteiger partial charge in [-0.1, -0.05) is 6.07 Å². The first-order valence-electron chi connectivity index (χ1n) is 6.61. The Kier molecular flexibility index (Phi) is 3.38. The summed E-state index contributed by atoms with van der Waals surface area (Å²) in [5.41, 5.74) is 1.58. The molecule has 0 saturated carbocycles. The number of nitrogens with zero attached hydrogens (tertiary/aromatic N) is 2. The number of amides is 1. The maximum Gasteiger partial charge on any atom is 0.244 e. The number of sulfonamides is 1. The number of benzene rings is 1. The molecule has 1 fully saturated rings. The van der Waals surface area contributed by atoms with E-state index in [0.717, 1.165) is 5.56 Å². The summed E-state index contributed by atoms with van der Waals surface area (Å²) in [5, 5.41) is 3.21. The van der Waals surface area contributed by atoms with Gasteiger partial charge in [-0.2, -0.15) is 4.31 Å². The second-order valence-corrected chi connectivity index (χ2v) is 6.88. The van der Waals surface area contributed by atoms with E-state index in [2.05, 4.69) is 10.3 Å². The van der Waals surface area contributed by atoms with E-state index in [4.69, 9.17) is 0 Å². The van der Waals surface area contributed by atoms with Gasteiger partial charge in [-0.25, -0.2) is 8.42 Å². The normalized spacial score (nSPS) is 16.9. The van der Waals surface area contributed by atoms with Gasteiger partial charge in [-0.05, 0) is 30.7 Å². The number of carbonyl (C=O) groups is 1. The molecule has 1 aliphatic heterocycles. The van der Waals surface area contributed by atoms with Crippen LogP contribution in [0.3, 0.4) is 0 Å². The van der Waals surface area contributed by atoms with Crippen molar-refractivity contribution in [3.05, 3.63) is 36.0 Å². The molecule has 21 heavy (non-hydrogen) atoms. The molecule has 1 aromatic heterocycles. The first-order valence-corrected chi connectivity index (χ1v) is 8.05. The Labute approximate surface area is 122 Å². The van der Waals surface area contributed by atoms with E-state index < -0.39 is 10.0 Å². The van der Waals surface area contributed by atoms with Crippen LogP contribution in [0.2, 0.25) is 0 Å². The van der Waals surface area contributed by atoms with E-state index in [-0.39, 0.29) is 23.9 Å². The van der Waals surface area contributed by atoms with Crippen LogP contribution in [0.5, 0.6) is 0 Å². The van der Waals surface area contributed by atoms with Crippen molar-refractivity contribution in [3.63, 3.8) is 0 Å². The van der Waals surface area contributed by atoms with Gasteiger partial charge in [-0.15, -0.1) is 0 Å². The quantitative estimate of drug-likeness (QED) is 0.884. The molecule has 1 amide bonds. The number of rotatable bonds is 2. The molecule has 110 valence electrons. The minimum atomic E-state index is -3.71. The highest BCUT2D eigenvalue weighted by molar-refractivity contribution is 7.89. The predicted octanol–water partition coefficient (Wildman–Crippen LogP) is 0.664. The van der Waals surface area contributed by atoms with E-state index in [1.165, 1.54) is 4.31 Å². The fourth-order valence-corrected chi connectivity index (χ4v) is 4.05. The van der Waals surface area contributed by atoms with Crippen molar-refractivity contribution in [1.82, 2.24) is 14.6 Å². The van der Waals surface area contributed by atoms with Crippen LogP contribution in [0.4, 0.5) is 0 Å². The van der Waals surface area contributed by atoms with E-state index in [9.17, 15) is 13.2 Å². The molecular formula is C14H15N3O3S. The SMILES string of the molecule is Cc1ccc(S(=O)(=O)N2CCNC(=O)C2)c2cccnc12. The molecule has 0 atom stereocenters. The fourth-order valence-electron chi connectivity index (χ4n) is 2.47. The van der Waals surface area contributed by atoms with E-state index in [0.29, 0.717) is 17.4 Å². The summed E-state index contributed by atoms with van der Waals surface area (Å²) in [6.07, 6.45) is 1.64. The lowest BCUT2D eigenvalue weighted by molar-refractivity contribution is -0.122. The molecule has 2 heterocycles. The van der Waals surface area contributed by atoms with Gasteiger partial charge in [0.1, 0.15) is 0 Å². The molecule has 0 bridgehead atoms. The van der Waals surface area contributed by atoms with Crippen LogP contribution in [0, 0.1) is 6.92 Å². The molecule has 0 spiro atoms. The summed E-state index contributed by atoms with van der Waals surface area (Å²) in [7, 11) is -3.71.